The molecular weight excluding hydrogens is 192 g/mol. The fourth-order valence-electron chi connectivity index (χ4n) is 2.68. The molecule has 1 aliphatic carbocycles. The van der Waals surface area contributed by atoms with Crippen molar-refractivity contribution in [1.82, 2.24) is 0 Å². The standard InChI is InChI=1S/C13H17Cl/c1-8-9(2)13(3,4)10-6-5-7-11(14)12(8)10/h5-9H,1-4H3/t8-,9-/m0/s1. The number of halogens is 1. The second kappa shape index (κ2) is 3.00. The van der Waals surface area contributed by atoms with Crippen LogP contribution in [0.25, 0.3) is 0 Å². The Morgan fingerprint density at radius 1 is 1.21 bits per heavy atom. The van der Waals surface area contributed by atoms with Crippen LogP contribution in [0, 0.1) is 5.92 Å². The van der Waals surface area contributed by atoms with Crippen molar-refractivity contribution in [3.63, 3.8) is 0 Å². The highest BCUT2D eigenvalue weighted by atomic mass is 35.5. The zero-order valence-corrected chi connectivity index (χ0v) is 10.0. The van der Waals surface area contributed by atoms with Crippen molar-refractivity contribution >= 4 is 11.6 Å². The summed E-state index contributed by atoms with van der Waals surface area (Å²) in [6, 6.07) is 6.29. The van der Waals surface area contributed by atoms with Crippen LogP contribution in [-0.2, 0) is 5.41 Å². The Morgan fingerprint density at radius 2 is 1.86 bits per heavy atom. The molecule has 0 saturated carbocycles. The molecule has 1 aliphatic rings. The third kappa shape index (κ3) is 1.13. The first kappa shape index (κ1) is 10.0. The zero-order valence-electron chi connectivity index (χ0n) is 9.26. The molecule has 0 bridgehead atoms. The quantitative estimate of drug-likeness (QED) is 0.594. The maximum atomic E-state index is 6.26. The largest absolute Gasteiger partial charge is 0.0840 e. The minimum absolute atomic E-state index is 0.264. The van der Waals surface area contributed by atoms with Crippen LogP contribution in [0.4, 0.5) is 0 Å². The lowest BCUT2D eigenvalue weighted by Gasteiger charge is -2.26. The van der Waals surface area contributed by atoms with Crippen LogP contribution in [0.1, 0.15) is 44.7 Å². The van der Waals surface area contributed by atoms with Gasteiger partial charge in [0.15, 0.2) is 0 Å². The minimum Gasteiger partial charge on any atom is -0.0840 e. The first-order chi connectivity index (χ1) is 6.46. The van der Waals surface area contributed by atoms with Gasteiger partial charge in [0, 0.05) is 5.02 Å². The van der Waals surface area contributed by atoms with Gasteiger partial charge in [-0.2, -0.15) is 0 Å². The molecule has 1 aromatic rings. The van der Waals surface area contributed by atoms with Crippen molar-refractivity contribution in [2.75, 3.05) is 0 Å². The van der Waals surface area contributed by atoms with Gasteiger partial charge in [-0.1, -0.05) is 51.4 Å². The van der Waals surface area contributed by atoms with E-state index in [4.69, 9.17) is 11.6 Å². The Morgan fingerprint density at radius 3 is 2.43 bits per heavy atom. The fraction of sp³-hybridized carbons (Fsp3) is 0.538. The van der Waals surface area contributed by atoms with Gasteiger partial charge >= 0.3 is 0 Å². The van der Waals surface area contributed by atoms with E-state index >= 15 is 0 Å². The SMILES string of the molecule is C[C@@H]1c2c(Cl)cccc2C(C)(C)[C@H]1C. The Hall–Kier alpha value is -0.490. The van der Waals surface area contributed by atoms with Gasteiger partial charge in [0.05, 0.1) is 0 Å². The van der Waals surface area contributed by atoms with Crippen molar-refractivity contribution in [2.24, 2.45) is 5.92 Å². The van der Waals surface area contributed by atoms with Crippen LogP contribution in [0.3, 0.4) is 0 Å². The molecule has 2 rings (SSSR count). The summed E-state index contributed by atoms with van der Waals surface area (Å²) in [5, 5.41) is 0.937. The molecule has 1 aromatic carbocycles. The van der Waals surface area contributed by atoms with Crippen LogP contribution in [0.2, 0.25) is 5.02 Å². The van der Waals surface area contributed by atoms with E-state index in [0.29, 0.717) is 11.8 Å². The normalized spacial score (nSPS) is 28.9. The average molecular weight is 209 g/mol. The fourth-order valence-corrected chi connectivity index (χ4v) is 3.03. The summed E-state index contributed by atoms with van der Waals surface area (Å²) in [7, 11) is 0. The lowest BCUT2D eigenvalue weighted by molar-refractivity contribution is 0.342. The summed E-state index contributed by atoms with van der Waals surface area (Å²) < 4.78 is 0. The molecule has 0 amide bonds. The van der Waals surface area contributed by atoms with E-state index < -0.39 is 0 Å². The molecule has 0 unspecified atom stereocenters. The van der Waals surface area contributed by atoms with Gasteiger partial charge < -0.3 is 0 Å². The van der Waals surface area contributed by atoms with E-state index in [1.165, 1.54) is 11.1 Å². The monoisotopic (exact) mass is 208 g/mol. The predicted molar refractivity (Wildman–Crippen MR) is 62.1 cm³/mol. The zero-order chi connectivity index (χ0) is 10.5. The molecule has 1 heteroatoms. The van der Waals surface area contributed by atoms with Gasteiger partial charge in [-0.25, -0.2) is 0 Å². The molecule has 2 atom stereocenters. The van der Waals surface area contributed by atoms with Gasteiger partial charge in [-0.3, -0.25) is 0 Å². The summed E-state index contributed by atoms with van der Waals surface area (Å²) in [5.74, 6) is 1.24. The lowest BCUT2D eigenvalue weighted by atomic mass is 9.78. The number of fused-ring (bicyclic) bond motifs is 1. The van der Waals surface area contributed by atoms with Crippen LogP contribution in [0.15, 0.2) is 18.2 Å². The van der Waals surface area contributed by atoms with E-state index in [1.807, 2.05) is 6.07 Å². The highest BCUT2D eigenvalue weighted by Crippen LogP contribution is 2.51. The highest BCUT2D eigenvalue weighted by Gasteiger charge is 2.42. The maximum Gasteiger partial charge on any atom is 0.0443 e. The molecule has 0 heterocycles. The van der Waals surface area contributed by atoms with E-state index in [-0.39, 0.29) is 5.41 Å². The van der Waals surface area contributed by atoms with E-state index in [9.17, 15) is 0 Å². The van der Waals surface area contributed by atoms with E-state index in [1.54, 1.807) is 0 Å². The van der Waals surface area contributed by atoms with Gasteiger partial charge in [0.1, 0.15) is 0 Å². The number of benzene rings is 1. The Bertz CT molecular complexity index is 365. The van der Waals surface area contributed by atoms with Crippen molar-refractivity contribution in [2.45, 2.75) is 39.0 Å². The summed E-state index contributed by atoms with van der Waals surface area (Å²) in [6.07, 6.45) is 0. The van der Waals surface area contributed by atoms with Crippen LogP contribution in [0.5, 0.6) is 0 Å². The van der Waals surface area contributed by atoms with Crippen molar-refractivity contribution in [3.05, 3.63) is 34.3 Å². The summed E-state index contributed by atoms with van der Waals surface area (Å²) in [5.41, 5.74) is 3.07. The van der Waals surface area contributed by atoms with Crippen molar-refractivity contribution in [1.29, 1.82) is 0 Å². The van der Waals surface area contributed by atoms with Crippen molar-refractivity contribution in [3.8, 4) is 0 Å². The number of hydrogen-bond acceptors (Lipinski definition) is 0. The number of rotatable bonds is 0. The first-order valence-electron chi connectivity index (χ1n) is 5.25. The Labute approximate surface area is 91.3 Å². The average Bonchev–Trinajstić information content (AvgIpc) is 2.30. The molecule has 0 radical (unpaired) electrons. The Balaban J connectivity index is 2.68. The molecule has 0 aliphatic heterocycles. The molecule has 14 heavy (non-hydrogen) atoms. The molecule has 0 nitrogen and oxygen atoms in total. The summed E-state index contributed by atoms with van der Waals surface area (Å²) in [6.45, 7) is 9.23. The van der Waals surface area contributed by atoms with Crippen LogP contribution < -0.4 is 0 Å². The second-order valence-corrected chi connectivity index (χ2v) is 5.41. The maximum absolute atomic E-state index is 6.26. The van der Waals surface area contributed by atoms with E-state index in [2.05, 4.69) is 39.8 Å². The highest BCUT2D eigenvalue weighted by molar-refractivity contribution is 6.31. The lowest BCUT2D eigenvalue weighted by Crippen LogP contribution is -2.22. The molecule has 76 valence electrons. The molecule has 0 saturated heterocycles. The smallest absolute Gasteiger partial charge is 0.0443 e. The predicted octanol–water partition coefficient (Wildman–Crippen LogP) is 4.37. The first-order valence-corrected chi connectivity index (χ1v) is 5.63. The molecule has 0 fully saturated rings. The summed E-state index contributed by atoms with van der Waals surface area (Å²) >= 11 is 6.26. The number of hydrogen-bond donors (Lipinski definition) is 0. The molecule has 0 aromatic heterocycles. The van der Waals surface area contributed by atoms with E-state index in [0.717, 1.165) is 5.02 Å². The Kier molecular flexibility index (Phi) is 2.15. The molecule has 0 spiro atoms. The molecular formula is C13H17Cl. The van der Waals surface area contributed by atoms with Crippen LogP contribution in [-0.4, -0.2) is 0 Å². The van der Waals surface area contributed by atoms with Gasteiger partial charge in [0.2, 0.25) is 0 Å². The van der Waals surface area contributed by atoms with Gasteiger partial charge in [-0.15, -0.1) is 0 Å². The summed E-state index contributed by atoms with van der Waals surface area (Å²) in [4.78, 5) is 0. The topological polar surface area (TPSA) is 0 Å². The van der Waals surface area contributed by atoms with Gasteiger partial charge in [0.25, 0.3) is 0 Å². The van der Waals surface area contributed by atoms with Gasteiger partial charge in [-0.05, 0) is 34.4 Å². The third-order valence-electron chi connectivity index (χ3n) is 4.09. The van der Waals surface area contributed by atoms with Crippen LogP contribution >= 0.6 is 11.6 Å². The van der Waals surface area contributed by atoms with Crippen molar-refractivity contribution < 1.29 is 0 Å². The minimum atomic E-state index is 0.264. The second-order valence-electron chi connectivity index (χ2n) is 5.00. The third-order valence-corrected chi connectivity index (χ3v) is 4.42. The molecule has 0 N–H and O–H groups in total.